The number of nitrogens with one attached hydrogen (secondary N) is 1. The topological polar surface area (TPSA) is 15.3 Å². The van der Waals surface area contributed by atoms with Gasteiger partial charge in [-0.3, -0.25) is 4.90 Å². The number of benzene rings is 1. The molecule has 1 aliphatic heterocycles. The van der Waals surface area contributed by atoms with Crippen LogP contribution in [0.15, 0.2) is 24.3 Å². The summed E-state index contributed by atoms with van der Waals surface area (Å²) in [5, 5.41) is 3.64. The van der Waals surface area contributed by atoms with Gasteiger partial charge in [0.1, 0.15) is 0 Å². The molecule has 2 nitrogen and oxygen atoms in total. The predicted octanol–water partition coefficient (Wildman–Crippen LogP) is 3.67. The van der Waals surface area contributed by atoms with Crippen molar-refractivity contribution < 1.29 is 13.2 Å². The van der Waals surface area contributed by atoms with Gasteiger partial charge in [-0.15, -0.1) is 0 Å². The average Bonchev–Trinajstić information content (AvgIpc) is 3.30. The number of alkyl halides is 3. The van der Waals surface area contributed by atoms with Gasteiger partial charge in [0.15, 0.2) is 0 Å². The molecule has 0 unspecified atom stereocenters. The summed E-state index contributed by atoms with van der Waals surface area (Å²) < 4.78 is 37.6. The second kappa shape index (κ2) is 6.59. The number of piperidine rings is 1. The molecule has 1 N–H and O–H groups in total. The van der Waals surface area contributed by atoms with Crippen molar-refractivity contribution in [2.75, 3.05) is 19.6 Å². The third kappa shape index (κ3) is 4.46. The maximum absolute atomic E-state index is 12.5. The molecule has 0 aromatic heterocycles. The lowest BCUT2D eigenvalue weighted by atomic mass is 10.0. The van der Waals surface area contributed by atoms with Gasteiger partial charge >= 0.3 is 6.18 Å². The summed E-state index contributed by atoms with van der Waals surface area (Å²) in [6, 6.07) is 6.17. The molecule has 0 amide bonds. The van der Waals surface area contributed by atoms with Gasteiger partial charge in [-0.1, -0.05) is 12.1 Å². The highest BCUT2D eigenvalue weighted by Crippen LogP contribution is 2.30. The Morgan fingerprint density at radius 1 is 1.00 bits per heavy atom. The molecule has 2 fully saturated rings. The Morgan fingerprint density at radius 3 is 2.18 bits per heavy atom. The first kappa shape index (κ1) is 15.8. The fourth-order valence-corrected chi connectivity index (χ4v) is 3.01. The standard InChI is InChI=1S/C17H23F3N2/c18-17(19,20)15-5-3-14(4-6-15)12-22-9-7-16(8-10-22)21-11-13-1-2-13/h3-6,13,16,21H,1-2,7-12H2. The summed E-state index contributed by atoms with van der Waals surface area (Å²) in [6.45, 7) is 3.93. The summed E-state index contributed by atoms with van der Waals surface area (Å²) in [6.07, 6.45) is 0.768. The largest absolute Gasteiger partial charge is 0.416 e. The fourth-order valence-electron chi connectivity index (χ4n) is 3.01. The maximum Gasteiger partial charge on any atom is 0.416 e. The van der Waals surface area contributed by atoms with E-state index in [1.54, 1.807) is 12.1 Å². The van der Waals surface area contributed by atoms with Gasteiger partial charge in [0.25, 0.3) is 0 Å². The van der Waals surface area contributed by atoms with E-state index >= 15 is 0 Å². The van der Waals surface area contributed by atoms with Gasteiger partial charge < -0.3 is 5.32 Å². The van der Waals surface area contributed by atoms with Crippen molar-refractivity contribution >= 4 is 0 Å². The first-order valence-corrected chi connectivity index (χ1v) is 8.12. The van der Waals surface area contributed by atoms with Crippen LogP contribution in [-0.4, -0.2) is 30.6 Å². The molecular weight excluding hydrogens is 289 g/mol. The molecule has 1 heterocycles. The van der Waals surface area contributed by atoms with Crippen LogP contribution in [-0.2, 0) is 12.7 Å². The molecule has 0 spiro atoms. The molecule has 1 aromatic rings. The summed E-state index contributed by atoms with van der Waals surface area (Å²) in [7, 11) is 0. The third-order valence-electron chi connectivity index (χ3n) is 4.67. The quantitative estimate of drug-likeness (QED) is 0.892. The highest BCUT2D eigenvalue weighted by atomic mass is 19.4. The number of rotatable bonds is 5. The van der Waals surface area contributed by atoms with Crippen LogP contribution >= 0.6 is 0 Å². The van der Waals surface area contributed by atoms with Crippen LogP contribution in [0.4, 0.5) is 13.2 Å². The second-order valence-corrected chi connectivity index (χ2v) is 6.60. The zero-order valence-electron chi connectivity index (χ0n) is 12.7. The van der Waals surface area contributed by atoms with E-state index in [1.165, 1.54) is 25.0 Å². The van der Waals surface area contributed by atoms with Crippen LogP contribution in [0.2, 0.25) is 0 Å². The molecule has 2 aliphatic rings. The second-order valence-electron chi connectivity index (χ2n) is 6.60. The van der Waals surface area contributed by atoms with Crippen LogP contribution in [0.25, 0.3) is 0 Å². The minimum Gasteiger partial charge on any atom is -0.314 e. The fraction of sp³-hybridized carbons (Fsp3) is 0.647. The Labute approximate surface area is 129 Å². The SMILES string of the molecule is FC(F)(F)c1ccc(CN2CCC(NCC3CC3)CC2)cc1. The van der Waals surface area contributed by atoms with Crippen molar-refractivity contribution in [1.29, 1.82) is 0 Å². The Kier molecular flexibility index (Phi) is 4.73. The highest BCUT2D eigenvalue weighted by molar-refractivity contribution is 5.24. The van der Waals surface area contributed by atoms with Gasteiger partial charge in [-0.25, -0.2) is 0 Å². The third-order valence-corrected chi connectivity index (χ3v) is 4.67. The normalized spacial score (nSPS) is 21.2. The van der Waals surface area contributed by atoms with Crippen molar-refractivity contribution in [3.63, 3.8) is 0 Å². The van der Waals surface area contributed by atoms with Crippen LogP contribution in [0.3, 0.4) is 0 Å². The zero-order chi connectivity index (χ0) is 15.6. The Bertz CT molecular complexity index is 472. The molecule has 0 bridgehead atoms. The molecule has 0 radical (unpaired) electrons. The molecule has 1 aliphatic carbocycles. The zero-order valence-corrected chi connectivity index (χ0v) is 12.7. The van der Waals surface area contributed by atoms with E-state index in [0.29, 0.717) is 6.04 Å². The van der Waals surface area contributed by atoms with Gasteiger partial charge in [-0.05, 0) is 68.9 Å². The maximum atomic E-state index is 12.5. The van der Waals surface area contributed by atoms with Crippen LogP contribution in [0.1, 0.15) is 36.8 Å². The summed E-state index contributed by atoms with van der Waals surface area (Å²) in [4.78, 5) is 2.33. The van der Waals surface area contributed by atoms with Gasteiger partial charge in [0.2, 0.25) is 0 Å². The van der Waals surface area contributed by atoms with Crippen molar-refractivity contribution in [3.8, 4) is 0 Å². The molecule has 0 atom stereocenters. The van der Waals surface area contributed by atoms with Crippen LogP contribution in [0.5, 0.6) is 0 Å². The number of hydrogen-bond donors (Lipinski definition) is 1. The van der Waals surface area contributed by atoms with E-state index in [1.807, 2.05) is 0 Å². The number of nitrogens with zero attached hydrogens (tertiary/aromatic N) is 1. The summed E-state index contributed by atoms with van der Waals surface area (Å²) in [5.74, 6) is 0.908. The smallest absolute Gasteiger partial charge is 0.314 e. The average molecular weight is 312 g/mol. The molecule has 1 aromatic carbocycles. The molecule has 3 rings (SSSR count). The van der Waals surface area contributed by atoms with E-state index in [0.717, 1.165) is 50.5 Å². The van der Waals surface area contributed by atoms with Crippen molar-refractivity contribution in [2.24, 2.45) is 5.92 Å². The van der Waals surface area contributed by atoms with Gasteiger partial charge in [0.05, 0.1) is 5.56 Å². The van der Waals surface area contributed by atoms with Gasteiger partial charge in [0, 0.05) is 12.6 Å². The van der Waals surface area contributed by atoms with E-state index < -0.39 is 11.7 Å². The van der Waals surface area contributed by atoms with Crippen LogP contribution < -0.4 is 5.32 Å². The summed E-state index contributed by atoms with van der Waals surface area (Å²) in [5.41, 5.74) is 0.386. The van der Waals surface area contributed by atoms with Crippen molar-refractivity contribution in [1.82, 2.24) is 10.2 Å². The van der Waals surface area contributed by atoms with E-state index in [2.05, 4.69) is 10.2 Å². The lowest BCUT2D eigenvalue weighted by Crippen LogP contribution is -2.42. The lowest BCUT2D eigenvalue weighted by molar-refractivity contribution is -0.137. The Hall–Kier alpha value is -1.07. The molecule has 1 saturated carbocycles. The first-order valence-electron chi connectivity index (χ1n) is 8.12. The molecule has 122 valence electrons. The van der Waals surface area contributed by atoms with Gasteiger partial charge in [-0.2, -0.15) is 13.2 Å². The Balaban J connectivity index is 1.43. The minimum atomic E-state index is -4.25. The van der Waals surface area contributed by atoms with E-state index in [-0.39, 0.29) is 0 Å². The molecule has 5 heteroatoms. The van der Waals surface area contributed by atoms with Crippen molar-refractivity contribution in [2.45, 2.75) is 44.4 Å². The highest BCUT2D eigenvalue weighted by Gasteiger charge is 2.30. The monoisotopic (exact) mass is 312 g/mol. The van der Waals surface area contributed by atoms with Crippen LogP contribution in [0, 0.1) is 5.92 Å². The molecule has 1 saturated heterocycles. The van der Waals surface area contributed by atoms with Crippen molar-refractivity contribution in [3.05, 3.63) is 35.4 Å². The van der Waals surface area contributed by atoms with E-state index in [4.69, 9.17) is 0 Å². The minimum absolute atomic E-state index is 0.570. The molecule has 22 heavy (non-hydrogen) atoms. The molecular formula is C17H23F3N2. The number of likely N-dealkylation sites (tertiary alicyclic amines) is 1. The lowest BCUT2D eigenvalue weighted by Gasteiger charge is -2.32. The number of halogens is 3. The number of hydrogen-bond acceptors (Lipinski definition) is 2. The Morgan fingerprint density at radius 2 is 1.64 bits per heavy atom. The predicted molar refractivity (Wildman–Crippen MR) is 80.5 cm³/mol. The van der Waals surface area contributed by atoms with E-state index in [9.17, 15) is 13.2 Å². The first-order chi connectivity index (χ1) is 10.5. The summed E-state index contributed by atoms with van der Waals surface area (Å²) >= 11 is 0.